The van der Waals surface area contributed by atoms with Gasteiger partial charge in [-0.15, -0.1) is 0 Å². The summed E-state index contributed by atoms with van der Waals surface area (Å²) < 4.78 is 0. The molecule has 0 N–H and O–H groups in total. The fraction of sp³-hybridized carbons (Fsp3) is 0.333. The second kappa shape index (κ2) is 9.56. The minimum absolute atomic E-state index is 1.24. The van der Waals surface area contributed by atoms with Crippen LogP contribution >= 0.6 is 0 Å². The van der Waals surface area contributed by atoms with Crippen LogP contribution in [0.3, 0.4) is 0 Å². The van der Waals surface area contributed by atoms with Crippen molar-refractivity contribution in [1.82, 2.24) is 0 Å². The molecule has 3 rings (SSSR count). The summed E-state index contributed by atoms with van der Waals surface area (Å²) in [5.41, 5.74) is 20.5. The van der Waals surface area contributed by atoms with E-state index in [1.807, 2.05) is 0 Å². The van der Waals surface area contributed by atoms with Gasteiger partial charge in [0.05, 0.1) is 0 Å². The number of rotatable bonds is 4. The first-order valence-electron chi connectivity index (χ1n) is 12.1. The molecule has 0 aliphatic rings. The molecule has 0 aromatic heterocycles. The Morgan fingerprint density at radius 2 is 0.606 bits per heavy atom. The average Bonchev–Trinajstić information content (AvgIpc) is 2.78. The van der Waals surface area contributed by atoms with Crippen molar-refractivity contribution in [2.45, 2.75) is 76.2 Å². The van der Waals surface area contributed by atoms with Crippen LogP contribution in [-0.2, 0) is 0 Å². The SMILES string of the molecule is Cc1cc(/C=C/c2c(C)c(C)c(C)c(C)c2C)cc(/C=C/c2c(C)c(C)c(C)c(C)c2C)c1. The normalized spacial score (nSPS) is 11.8. The Hall–Kier alpha value is -2.86. The molecular weight excluding hydrogens is 396 g/mol. The van der Waals surface area contributed by atoms with E-state index in [1.165, 1.54) is 83.5 Å². The zero-order valence-corrected chi connectivity index (χ0v) is 22.5. The van der Waals surface area contributed by atoms with E-state index in [0.717, 1.165) is 0 Å². The third kappa shape index (κ3) is 4.76. The Balaban J connectivity index is 2.00. The lowest BCUT2D eigenvalue weighted by Crippen LogP contribution is -1.99. The van der Waals surface area contributed by atoms with Gasteiger partial charge in [0.1, 0.15) is 0 Å². The van der Waals surface area contributed by atoms with Gasteiger partial charge in [-0.2, -0.15) is 0 Å². The van der Waals surface area contributed by atoms with Gasteiger partial charge in [-0.1, -0.05) is 36.4 Å². The van der Waals surface area contributed by atoms with Crippen LogP contribution in [0, 0.1) is 76.2 Å². The van der Waals surface area contributed by atoms with Crippen LogP contribution in [0.5, 0.6) is 0 Å². The molecule has 0 saturated heterocycles. The van der Waals surface area contributed by atoms with Gasteiger partial charge < -0.3 is 0 Å². The lowest BCUT2D eigenvalue weighted by atomic mass is 9.89. The molecule has 3 aromatic carbocycles. The van der Waals surface area contributed by atoms with E-state index in [9.17, 15) is 0 Å². The van der Waals surface area contributed by atoms with Crippen molar-refractivity contribution < 1.29 is 0 Å². The summed E-state index contributed by atoms with van der Waals surface area (Å²) in [5.74, 6) is 0. The summed E-state index contributed by atoms with van der Waals surface area (Å²) in [6.07, 6.45) is 9.13. The topological polar surface area (TPSA) is 0 Å². The molecule has 0 nitrogen and oxygen atoms in total. The van der Waals surface area contributed by atoms with Gasteiger partial charge in [0.25, 0.3) is 0 Å². The zero-order chi connectivity index (χ0) is 24.6. The van der Waals surface area contributed by atoms with E-state index in [1.54, 1.807) is 0 Å². The minimum Gasteiger partial charge on any atom is -0.0543 e. The fourth-order valence-corrected chi connectivity index (χ4v) is 4.95. The minimum atomic E-state index is 1.24. The van der Waals surface area contributed by atoms with Gasteiger partial charge in [0.15, 0.2) is 0 Å². The molecular formula is C33H40. The predicted octanol–water partition coefficient (Wildman–Crippen LogP) is 9.42. The Labute approximate surface area is 202 Å². The number of hydrogen-bond donors (Lipinski definition) is 0. The molecule has 0 aliphatic carbocycles. The summed E-state index contributed by atoms with van der Waals surface area (Å²) in [4.78, 5) is 0. The first kappa shape index (κ1) is 24.8. The molecule has 33 heavy (non-hydrogen) atoms. The van der Waals surface area contributed by atoms with Crippen molar-refractivity contribution in [3.05, 3.63) is 102 Å². The molecule has 0 radical (unpaired) electrons. The van der Waals surface area contributed by atoms with Crippen LogP contribution in [0.2, 0.25) is 0 Å². The Bertz CT molecular complexity index is 1140. The Kier molecular flexibility index (Phi) is 7.17. The fourth-order valence-electron chi connectivity index (χ4n) is 4.95. The number of aryl methyl sites for hydroxylation is 1. The first-order chi connectivity index (χ1) is 15.4. The molecule has 0 heteroatoms. The lowest BCUT2D eigenvalue weighted by Gasteiger charge is -2.16. The average molecular weight is 437 g/mol. The molecule has 0 amide bonds. The van der Waals surface area contributed by atoms with E-state index in [4.69, 9.17) is 0 Å². The highest BCUT2D eigenvalue weighted by Gasteiger charge is 2.11. The van der Waals surface area contributed by atoms with Gasteiger partial charge >= 0.3 is 0 Å². The van der Waals surface area contributed by atoms with E-state index in [0.29, 0.717) is 0 Å². The largest absolute Gasteiger partial charge is 0.0543 e. The van der Waals surface area contributed by atoms with Gasteiger partial charge in [0.2, 0.25) is 0 Å². The molecule has 0 fully saturated rings. The second-order valence-corrected chi connectivity index (χ2v) is 9.92. The zero-order valence-electron chi connectivity index (χ0n) is 22.5. The maximum Gasteiger partial charge on any atom is -0.0192 e. The van der Waals surface area contributed by atoms with Crippen molar-refractivity contribution in [3.63, 3.8) is 0 Å². The molecule has 0 unspecified atom stereocenters. The van der Waals surface area contributed by atoms with E-state index in [-0.39, 0.29) is 0 Å². The van der Waals surface area contributed by atoms with Crippen LogP contribution < -0.4 is 0 Å². The van der Waals surface area contributed by atoms with Gasteiger partial charge in [-0.05, 0) is 166 Å². The molecule has 0 spiro atoms. The number of benzene rings is 3. The van der Waals surface area contributed by atoms with Gasteiger partial charge in [-0.25, -0.2) is 0 Å². The predicted molar refractivity (Wildman–Crippen MR) is 149 cm³/mol. The highest BCUT2D eigenvalue weighted by atomic mass is 14.2. The summed E-state index contributed by atoms with van der Waals surface area (Å²) in [6.45, 7) is 24.6. The lowest BCUT2D eigenvalue weighted by molar-refractivity contribution is 1.16. The van der Waals surface area contributed by atoms with Crippen LogP contribution in [0.15, 0.2) is 18.2 Å². The molecule has 172 valence electrons. The summed E-state index contributed by atoms with van der Waals surface area (Å²) in [6, 6.07) is 6.82. The molecule has 0 heterocycles. The third-order valence-corrected chi connectivity index (χ3v) is 8.12. The smallest absolute Gasteiger partial charge is 0.0192 e. The van der Waals surface area contributed by atoms with Crippen LogP contribution in [0.4, 0.5) is 0 Å². The third-order valence-electron chi connectivity index (χ3n) is 8.12. The highest BCUT2D eigenvalue weighted by Crippen LogP contribution is 2.29. The van der Waals surface area contributed by atoms with Crippen molar-refractivity contribution in [1.29, 1.82) is 0 Å². The quantitative estimate of drug-likeness (QED) is 0.357. The maximum absolute atomic E-state index is 2.30. The second-order valence-electron chi connectivity index (χ2n) is 9.92. The summed E-state index contributed by atoms with van der Waals surface area (Å²) in [5, 5.41) is 0. The first-order valence-corrected chi connectivity index (χ1v) is 12.1. The molecule has 0 saturated carbocycles. The van der Waals surface area contributed by atoms with E-state index >= 15 is 0 Å². The number of hydrogen-bond acceptors (Lipinski definition) is 0. The van der Waals surface area contributed by atoms with Crippen molar-refractivity contribution >= 4 is 24.3 Å². The van der Waals surface area contributed by atoms with Crippen molar-refractivity contribution in [2.24, 2.45) is 0 Å². The van der Waals surface area contributed by atoms with Crippen molar-refractivity contribution in [2.75, 3.05) is 0 Å². The molecule has 0 bridgehead atoms. The van der Waals surface area contributed by atoms with E-state index in [2.05, 4.69) is 119 Å². The van der Waals surface area contributed by atoms with Gasteiger partial charge in [0, 0.05) is 0 Å². The molecule has 0 aliphatic heterocycles. The monoisotopic (exact) mass is 436 g/mol. The van der Waals surface area contributed by atoms with E-state index < -0.39 is 0 Å². The standard InChI is InChI=1S/C33H40/c1-19-16-30(12-14-32-26(8)22(4)20(2)23(5)27(32)9)18-31(17-19)13-15-33-28(10)24(6)21(3)25(7)29(33)11/h12-18H,1-11H3/b14-12+,15-13+. The Morgan fingerprint density at radius 1 is 0.333 bits per heavy atom. The van der Waals surface area contributed by atoms with Gasteiger partial charge in [-0.3, -0.25) is 0 Å². The Morgan fingerprint density at radius 3 is 0.909 bits per heavy atom. The molecule has 0 atom stereocenters. The summed E-state index contributed by atoms with van der Waals surface area (Å²) >= 11 is 0. The van der Waals surface area contributed by atoms with Crippen LogP contribution in [0.1, 0.15) is 83.5 Å². The maximum atomic E-state index is 2.30. The van der Waals surface area contributed by atoms with Crippen LogP contribution in [-0.4, -0.2) is 0 Å². The highest BCUT2D eigenvalue weighted by molar-refractivity contribution is 5.78. The summed E-state index contributed by atoms with van der Waals surface area (Å²) in [7, 11) is 0. The van der Waals surface area contributed by atoms with Crippen molar-refractivity contribution in [3.8, 4) is 0 Å². The van der Waals surface area contributed by atoms with Crippen LogP contribution in [0.25, 0.3) is 24.3 Å². The molecule has 3 aromatic rings.